The van der Waals surface area contributed by atoms with E-state index in [9.17, 15) is 14.9 Å². The van der Waals surface area contributed by atoms with Crippen molar-refractivity contribution in [2.45, 2.75) is 20.1 Å². The average Bonchev–Trinajstić information content (AvgIpc) is 3.07. The topological polar surface area (TPSA) is 72.7 Å². The van der Waals surface area contributed by atoms with Gasteiger partial charge in [0, 0.05) is 12.1 Å². The third kappa shape index (κ3) is 5.64. The van der Waals surface area contributed by atoms with Crippen LogP contribution >= 0.6 is 35.6 Å². The van der Waals surface area contributed by atoms with Crippen molar-refractivity contribution in [2.24, 2.45) is 0 Å². The van der Waals surface area contributed by atoms with Gasteiger partial charge in [-0.2, -0.15) is 0 Å². The van der Waals surface area contributed by atoms with Gasteiger partial charge in [-0.3, -0.25) is 19.8 Å². The highest BCUT2D eigenvalue weighted by molar-refractivity contribution is 8.26. The number of hydrogen-bond acceptors (Lipinski definition) is 6. The van der Waals surface area contributed by atoms with Gasteiger partial charge < -0.3 is 4.74 Å². The molecule has 0 atom stereocenters. The molecule has 9 heteroatoms. The molecule has 1 fully saturated rings. The van der Waals surface area contributed by atoms with E-state index in [1.165, 1.54) is 23.9 Å². The number of rotatable bonds is 7. The maximum atomic E-state index is 12.9. The molecular formula is C25H19ClN2O4S2. The number of aryl methyl sites for hydroxylation is 1. The van der Waals surface area contributed by atoms with Crippen molar-refractivity contribution in [3.63, 3.8) is 0 Å². The smallest absolute Gasteiger partial charge is 0.269 e. The molecule has 0 N–H and O–H groups in total. The molecule has 34 heavy (non-hydrogen) atoms. The van der Waals surface area contributed by atoms with Gasteiger partial charge in [0.25, 0.3) is 11.6 Å². The lowest BCUT2D eigenvalue weighted by molar-refractivity contribution is -0.384. The molecule has 172 valence electrons. The number of hydrogen-bond donors (Lipinski definition) is 0. The van der Waals surface area contributed by atoms with E-state index in [0.29, 0.717) is 32.1 Å². The number of carbonyl (C=O) groups is 1. The molecule has 0 aliphatic carbocycles. The zero-order valence-corrected chi connectivity index (χ0v) is 20.5. The number of nitro groups is 1. The fourth-order valence-corrected chi connectivity index (χ4v) is 4.81. The van der Waals surface area contributed by atoms with Crippen LogP contribution in [0.2, 0.25) is 5.02 Å². The van der Waals surface area contributed by atoms with Crippen LogP contribution in [0.3, 0.4) is 0 Å². The van der Waals surface area contributed by atoms with Gasteiger partial charge in [0.05, 0.1) is 21.4 Å². The zero-order chi connectivity index (χ0) is 24.2. The maximum Gasteiger partial charge on any atom is 0.269 e. The number of thiocarbonyl (C=S) groups is 1. The molecule has 1 saturated heterocycles. The van der Waals surface area contributed by atoms with Crippen LogP contribution in [0.15, 0.2) is 71.6 Å². The Hall–Kier alpha value is -3.20. The Morgan fingerprint density at radius 2 is 1.88 bits per heavy atom. The summed E-state index contributed by atoms with van der Waals surface area (Å²) >= 11 is 13.1. The second-order valence-electron chi connectivity index (χ2n) is 7.66. The highest BCUT2D eigenvalue weighted by Crippen LogP contribution is 2.35. The SMILES string of the molecule is Cc1ccc(CN2C(=O)/C(=C/c3ccc(OCc4cccc([N+](=O)[O-])c4)c(Cl)c3)SC2=S)cc1. The molecule has 0 bridgehead atoms. The average molecular weight is 511 g/mol. The number of carbonyl (C=O) groups excluding carboxylic acids is 1. The van der Waals surface area contributed by atoms with E-state index < -0.39 is 4.92 Å². The van der Waals surface area contributed by atoms with E-state index in [0.717, 1.165) is 16.7 Å². The van der Waals surface area contributed by atoms with Crippen molar-refractivity contribution >= 4 is 57.6 Å². The molecule has 1 aliphatic rings. The van der Waals surface area contributed by atoms with Gasteiger partial charge in [-0.05, 0) is 41.8 Å². The van der Waals surface area contributed by atoms with Gasteiger partial charge in [-0.1, -0.05) is 83.6 Å². The summed E-state index contributed by atoms with van der Waals surface area (Å²) in [6.45, 7) is 2.58. The molecule has 4 rings (SSSR count). The molecule has 1 heterocycles. The van der Waals surface area contributed by atoms with Gasteiger partial charge in [0.15, 0.2) is 0 Å². The minimum atomic E-state index is -0.450. The summed E-state index contributed by atoms with van der Waals surface area (Å²) in [6, 6.07) is 19.4. The van der Waals surface area contributed by atoms with Crippen molar-refractivity contribution in [1.82, 2.24) is 4.90 Å². The first kappa shape index (κ1) is 23.9. The Kier molecular flexibility index (Phi) is 7.31. The quantitative estimate of drug-likeness (QED) is 0.155. The molecule has 1 aliphatic heterocycles. The largest absolute Gasteiger partial charge is 0.487 e. The second-order valence-corrected chi connectivity index (χ2v) is 9.74. The van der Waals surface area contributed by atoms with Crippen LogP contribution in [0.25, 0.3) is 6.08 Å². The van der Waals surface area contributed by atoms with Crippen molar-refractivity contribution in [2.75, 3.05) is 0 Å². The molecule has 3 aromatic carbocycles. The highest BCUT2D eigenvalue weighted by atomic mass is 35.5. The van der Waals surface area contributed by atoms with E-state index >= 15 is 0 Å². The molecule has 0 radical (unpaired) electrons. The first-order chi connectivity index (χ1) is 16.3. The third-order valence-electron chi connectivity index (χ3n) is 5.10. The van der Waals surface area contributed by atoms with Crippen molar-refractivity contribution in [1.29, 1.82) is 0 Å². The Balaban J connectivity index is 1.44. The van der Waals surface area contributed by atoms with Crippen LogP contribution in [0.4, 0.5) is 5.69 Å². The van der Waals surface area contributed by atoms with Crippen LogP contribution in [-0.4, -0.2) is 20.1 Å². The minimum Gasteiger partial charge on any atom is -0.487 e. The monoisotopic (exact) mass is 510 g/mol. The summed E-state index contributed by atoms with van der Waals surface area (Å²) in [5.41, 5.74) is 3.57. The third-order valence-corrected chi connectivity index (χ3v) is 6.78. The lowest BCUT2D eigenvalue weighted by atomic mass is 10.1. The van der Waals surface area contributed by atoms with Crippen LogP contribution in [-0.2, 0) is 17.9 Å². The van der Waals surface area contributed by atoms with Crippen molar-refractivity contribution in [3.05, 3.63) is 109 Å². The zero-order valence-electron chi connectivity index (χ0n) is 18.1. The lowest BCUT2D eigenvalue weighted by Crippen LogP contribution is -2.27. The first-order valence-electron chi connectivity index (χ1n) is 10.3. The Bertz CT molecular complexity index is 1310. The van der Waals surface area contributed by atoms with E-state index in [-0.39, 0.29) is 18.2 Å². The number of nitrogens with zero attached hydrogens (tertiary/aromatic N) is 2. The number of halogens is 1. The summed E-state index contributed by atoms with van der Waals surface area (Å²) in [5.74, 6) is 0.301. The predicted octanol–water partition coefficient (Wildman–Crippen LogP) is 6.54. The lowest BCUT2D eigenvalue weighted by Gasteiger charge is -2.14. The van der Waals surface area contributed by atoms with Gasteiger partial charge in [-0.15, -0.1) is 0 Å². The van der Waals surface area contributed by atoms with Gasteiger partial charge in [0.2, 0.25) is 0 Å². The molecule has 0 saturated carbocycles. The summed E-state index contributed by atoms with van der Waals surface area (Å²) in [5, 5.41) is 11.3. The van der Waals surface area contributed by atoms with Gasteiger partial charge >= 0.3 is 0 Å². The van der Waals surface area contributed by atoms with Gasteiger partial charge in [0.1, 0.15) is 16.7 Å². The summed E-state index contributed by atoms with van der Waals surface area (Å²) in [6.07, 6.45) is 1.75. The number of ether oxygens (including phenoxy) is 1. The normalized spacial score (nSPS) is 14.6. The fourth-order valence-electron chi connectivity index (χ4n) is 3.31. The first-order valence-corrected chi connectivity index (χ1v) is 11.9. The molecule has 0 unspecified atom stereocenters. The summed E-state index contributed by atoms with van der Waals surface area (Å²) in [7, 11) is 0. The van der Waals surface area contributed by atoms with E-state index in [1.807, 2.05) is 31.2 Å². The minimum absolute atomic E-state index is 0.00207. The molecule has 0 spiro atoms. The maximum absolute atomic E-state index is 12.9. The molecular weight excluding hydrogens is 492 g/mol. The Morgan fingerprint density at radius 1 is 1.12 bits per heavy atom. The number of amides is 1. The molecule has 1 amide bonds. The standard InChI is InChI=1S/C25H19ClN2O4S2/c1-16-5-7-17(8-6-16)14-27-24(29)23(34-25(27)33)13-18-9-10-22(21(26)12-18)32-15-19-3-2-4-20(11-19)28(30)31/h2-13H,14-15H2,1H3/b23-13-. The van der Waals surface area contributed by atoms with E-state index in [1.54, 1.807) is 41.3 Å². The highest BCUT2D eigenvalue weighted by Gasteiger charge is 2.32. The Morgan fingerprint density at radius 3 is 2.59 bits per heavy atom. The second kappa shape index (κ2) is 10.4. The molecule has 0 aromatic heterocycles. The molecule has 6 nitrogen and oxygen atoms in total. The number of non-ortho nitro benzene ring substituents is 1. The van der Waals surface area contributed by atoms with Crippen LogP contribution < -0.4 is 4.74 Å². The fraction of sp³-hybridized carbons (Fsp3) is 0.120. The van der Waals surface area contributed by atoms with Crippen LogP contribution in [0.5, 0.6) is 5.75 Å². The van der Waals surface area contributed by atoms with E-state index in [4.69, 9.17) is 28.6 Å². The summed E-state index contributed by atoms with van der Waals surface area (Å²) in [4.78, 5) is 25.5. The van der Waals surface area contributed by atoms with Gasteiger partial charge in [-0.25, -0.2) is 0 Å². The number of thioether (sulfide) groups is 1. The predicted molar refractivity (Wildman–Crippen MR) is 139 cm³/mol. The van der Waals surface area contributed by atoms with Crippen molar-refractivity contribution in [3.8, 4) is 5.75 Å². The van der Waals surface area contributed by atoms with Crippen LogP contribution in [0, 0.1) is 17.0 Å². The van der Waals surface area contributed by atoms with E-state index in [2.05, 4.69) is 0 Å². The number of benzene rings is 3. The summed E-state index contributed by atoms with van der Waals surface area (Å²) < 4.78 is 6.25. The Labute approximate surface area is 211 Å². The van der Waals surface area contributed by atoms with Crippen molar-refractivity contribution < 1.29 is 14.5 Å². The molecule has 3 aromatic rings. The van der Waals surface area contributed by atoms with Crippen LogP contribution in [0.1, 0.15) is 22.3 Å². The number of nitro benzene ring substituents is 1.